The summed E-state index contributed by atoms with van der Waals surface area (Å²) in [6.07, 6.45) is 3.69. The molecule has 7 nitrogen and oxygen atoms in total. The second-order valence-electron chi connectivity index (χ2n) is 7.10. The number of hydrogen-bond donors (Lipinski definition) is 2. The molecular formula is C23H28IN5O2. The standard InChI is InChI=1S/C23H27N5O2.HI/c1-2-24-23(26-15-20-17-29-21-9-3-4-10-22(21)30-20)25-14-18-7-5-8-19(13-18)16-28-12-6-11-27-28;/h3-13,20H,2,14-17H2,1H3,(H2,24,25,26);1H. The molecule has 2 N–H and O–H groups in total. The van der Waals surface area contributed by atoms with Gasteiger partial charge in [-0.25, -0.2) is 4.99 Å². The van der Waals surface area contributed by atoms with Gasteiger partial charge in [-0.05, 0) is 36.2 Å². The van der Waals surface area contributed by atoms with Crippen LogP contribution in [0.25, 0.3) is 0 Å². The highest BCUT2D eigenvalue weighted by Gasteiger charge is 2.20. The first-order chi connectivity index (χ1) is 14.8. The molecule has 0 saturated heterocycles. The van der Waals surface area contributed by atoms with Gasteiger partial charge in [0.2, 0.25) is 0 Å². The molecule has 0 fully saturated rings. The van der Waals surface area contributed by atoms with Gasteiger partial charge in [-0.1, -0.05) is 36.4 Å². The van der Waals surface area contributed by atoms with Crippen LogP contribution in [0.2, 0.25) is 0 Å². The van der Waals surface area contributed by atoms with Crippen LogP contribution in [0.15, 0.2) is 72.0 Å². The molecule has 2 aromatic carbocycles. The topological polar surface area (TPSA) is 72.7 Å². The third-order valence-corrected chi connectivity index (χ3v) is 4.72. The molecule has 1 unspecified atom stereocenters. The highest BCUT2D eigenvalue weighted by molar-refractivity contribution is 14.0. The minimum atomic E-state index is -0.0684. The molecule has 0 saturated carbocycles. The number of fused-ring (bicyclic) bond motifs is 1. The molecule has 1 aliphatic rings. The number of benzene rings is 2. The van der Waals surface area contributed by atoms with Gasteiger partial charge < -0.3 is 20.1 Å². The van der Waals surface area contributed by atoms with Gasteiger partial charge in [0.15, 0.2) is 17.5 Å². The summed E-state index contributed by atoms with van der Waals surface area (Å²) in [7, 11) is 0. The first-order valence-electron chi connectivity index (χ1n) is 10.3. The van der Waals surface area contributed by atoms with E-state index in [1.807, 2.05) is 41.2 Å². The molecule has 164 valence electrons. The van der Waals surface area contributed by atoms with Crippen LogP contribution in [0.5, 0.6) is 11.5 Å². The molecule has 0 spiro atoms. The van der Waals surface area contributed by atoms with E-state index in [-0.39, 0.29) is 30.1 Å². The normalized spacial score (nSPS) is 15.1. The lowest BCUT2D eigenvalue weighted by atomic mass is 10.1. The van der Waals surface area contributed by atoms with Crippen molar-refractivity contribution >= 4 is 29.9 Å². The number of halogens is 1. The summed E-state index contributed by atoms with van der Waals surface area (Å²) in [5.41, 5.74) is 2.36. The number of nitrogens with one attached hydrogen (secondary N) is 2. The predicted molar refractivity (Wildman–Crippen MR) is 132 cm³/mol. The summed E-state index contributed by atoms with van der Waals surface area (Å²) in [6.45, 7) is 5.31. The Labute approximate surface area is 199 Å². The first-order valence-corrected chi connectivity index (χ1v) is 10.3. The second-order valence-corrected chi connectivity index (χ2v) is 7.10. The van der Waals surface area contributed by atoms with E-state index in [1.165, 1.54) is 5.56 Å². The Bertz CT molecular complexity index is 978. The molecule has 0 amide bonds. The van der Waals surface area contributed by atoms with Gasteiger partial charge in [0.1, 0.15) is 12.7 Å². The predicted octanol–water partition coefficient (Wildman–Crippen LogP) is 3.44. The van der Waals surface area contributed by atoms with Gasteiger partial charge in [-0.15, -0.1) is 24.0 Å². The van der Waals surface area contributed by atoms with Crippen LogP contribution < -0.4 is 20.1 Å². The zero-order chi connectivity index (χ0) is 20.6. The van der Waals surface area contributed by atoms with E-state index in [0.29, 0.717) is 19.7 Å². The van der Waals surface area contributed by atoms with Crippen molar-refractivity contribution in [2.45, 2.75) is 26.1 Å². The summed E-state index contributed by atoms with van der Waals surface area (Å²) >= 11 is 0. The maximum atomic E-state index is 6.01. The number of rotatable bonds is 7. The van der Waals surface area contributed by atoms with Crippen molar-refractivity contribution in [3.63, 3.8) is 0 Å². The Balaban J connectivity index is 0.00000272. The van der Waals surface area contributed by atoms with Gasteiger partial charge in [0.25, 0.3) is 0 Å². The van der Waals surface area contributed by atoms with Crippen LogP contribution >= 0.6 is 24.0 Å². The zero-order valence-corrected chi connectivity index (χ0v) is 19.9. The lowest BCUT2D eigenvalue weighted by Gasteiger charge is -2.27. The molecule has 0 aliphatic carbocycles. The Hall–Kier alpha value is -2.75. The summed E-state index contributed by atoms with van der Waals surface area (Å²) in [5.74, 6) is 2.34. The molecule has 3 aromatic rings. The van der Waals surface area contributed by atoms with Crippen LogP contribution in [0.4, 0.5) is 0 Å². The maximum absolute atomic E-state index is 6.01. The second kappa shape index (κ2) is 11.6. The fourth-order valence-electron chi connectivity index (χ4n) is 3.29. The van der Waals surface area contributed by atoms with Gasteiger partial charge in [0.05, 0.1) is 19.6 Å². The molecule has 1 aliphatic heterocycles. The number of guanidine groups is 1. The van der Waals surface area contributed by atoms with Crippen LogP contribution in [0, 0.1) is 0 Å². The molecule has 4 rings (SSSR count). The smallest absolute Gasteiger partial charge is 0.191 e. The first kappa shape index (κ1) is 22.9. The number of para-hydroxylation sites is 2. The van der Waals surface area contributed by atoms with Crippen LogP contribution in [-0.4, -0.2) is 41.5 Å². The summed E-state index contributed by atoms with van der Waals surface area (Å²) < 4.78 is 13.7. The minimum absolute atomic E-state index is 0. The minimum Gasteiger partial charge on any atom is -0.486 e. The third kappa shape index (κ3) is 6.61. The fraction of sp³-hybridized carbons (Fsp3) is 0.304. The van der Waals surface area contributed by atoms with Gasteiger partial charge in [-0.3, -0.25) is 4.68 Å². The number of aliphatic imine (C=N–C) groups is 1. The lowest BCUT2D eigenvalue weighted by Crippen LogP contribution is -2.45. The van der Waals surface area contributed by atoms with E-state index < -0.39 is 0 Å². The van der Waals surface area contributed by atoms with Crippen molar-refractivity contribution in [3.8, 4) is 11.5 Å². The Morgan fingerprint density at radius 1 is 1.10 bits per heavy atom. The van der Waals surface area contributed by atoms with E-state index in [2.05, 4.69) is 46.9 Å². The van der Waals surface area contributed by atoms with E-state index in [9.17, 15) is 0 Å². The average molecular weight is 533 g/mol. The Morgan fingerprint density at radius 3 is 2.74 bits per heavy atom. The van der Waals surface area contributed by atoms with E-state index in [1.54, 1.807) is 6.20 Å². The molecule has 1 atom stereocenters. The van der Waals surface area contributed by atoms with Crippen molar-refractivity contribution in [1.82, 2.24) is 20.4 Å². The van der Waals surface area contributed by atoms with Gasteiger partial charge in [-0.2, -0.15) is 5.10 Å². The van der Waals surface area contributed by atoms with Crippen LogP contribution in [-0.2, 0) is 13.1 Å². The molecule has 0 radical (unpaired) electrons. The monoisotopic (exact) mass is 533 g/mol. The zero-order valence-electron chi connectivity index (χ0n) is 17.5. The van der Waals surface area contributed by atoms with Gasteiger partial charge >= 0.3 is 0 Å². The van der Waals surface area contributed by atoms with Crippen molar-refractivity contribution in [2.24, 2.45) is 4.99 Å². The van der Waals surface area contributed by atoms with E-state index >= 15 is 0 Å². The largest absolute Gasteiger partial charge is 0.486 e. The van der Waals surface area contributed by atoms with Crippen molar-refractivity contribution in [2.75, 3.05) is 19.7 Å². The lowest BCUT2D eigenvalue weighted by molar-refractivity contribution is 0.0936. The van der Waals surface area contributed by atoms with Crippen LogP contribution in [0.1, 0.15) is 18.1 Å². The number of nitrogens with zero attached hydrogens (tertiary/aromatic N) is 3. The maximum Gasteiger partial charge on any atom is 0.191 e. The number of ether oxygens (including phenoxy) is 2. The van der Waals surface area contributed by atoms with Crippen molar-refractivity contribution in [1.29, 1.82) is 0 Å². The summed E-state index contributed by atoms with van der Waals surface area (Å²) in [4.78, 5) is 4.73. The highest BCUT2D eigenvalue weighted by Crippen LogP contribution is 2.30. The van der Waals surface area contributed by atoms with E-state index in [0.717, 1.165) is 36.1 Å². The molecule has 8 heteroatoms. The molecule has 1 aromatic heterocycles. The summed E-state index contributed by atoms with van der Waals surface area (Å²) in [6, 6.07) is 18.1. The average Bonchev–Trinajstić information content (AvgIpc) is 3.29. The quantitative estimate of drug-likeness (QED) is 0.277. The van der Waals surface area contributed by atoms with Gasteiger partial charge in [0, 0.05) is 18.9 Å². The third-order valence-electron chi connectivity index (χ3n) is 4.72. The van der Waals surface area contributed by atoms with E-state index in [4.69, 9.17) is 14.5 Å². The highest BCUT2D eigenvalue weighted by atomic mass is 127. The molecule has 31 heavy (non-hydrogen) atoms. The number of aromatic nitrogens is 2. The van der Waals surface area contributed by atoms with Crippen molar-refractivity contribution < 1.29 is 9.47 Å². The Kier molecular flexibility index (Phi) is 8.57. The Morgan fingerprint density at radius 2 is 1.94 bits per heavy atom. The molecule has 2 heterocycles. The SMILES string of the molecule is CCNC(=NCc1cccc(Cn2cccn2)c1)NCC1COc2ccccc2O1.I. The molecular weight excluding hydrogens is 505 g/mol. The summed E-state index contributed by atoms with van der Waals surface area (Å²) in [5, 5.41) is 10.9. The fourth-order valence-corrected chi connectivity index (χ4v) is 3.29. The van der Waals surface area contributed by atoms with Crippen LogP contribution in [0.3, 0.4) is 0 Å². The number of hydrogen-bond acceptors (Lipinski definition) is 4. The van der Waals surface area contributed by atoms with Crippen molar-refractivity contribution in [3.05, 3.63) is 78.1 Å². The molecule has 0 bridgehead atoms.